The second-order valence-electron chi connectivity index (χ2n) is 14.6. The van der Waals surface area contributed by atoms with Crippen molar-refractivity contribution in [3.63, 3.8) is 0 Å². The Morgan fingerprint density at radius 2 is 1.01 bits per heavy atom. The summed E-state index contributed by atoms with van der Waals surface area (Å²) in [6.45, 7) is 0. The van der Waals surface area contributed by atoms with Crippen LogP contribution in [0.1, 0.15) is 17.5 Å². The average Bonchev–Trinajstić information content (AvgIpc) is 3.35. The van der Waals surface area contributed by atoms with Crippen LogP contribution in [0.4, 0.5) is 0 Å². The molecule has 4 N–H and O–H groups in total. The number of methoxy groups -OCH3 is 2. The minimum Gasteiger partial charge on any atom is -0.504 e. The van der Waals surface area contributed by atoms with Gasteiger partial charge in [0.05, 0.1) is 43.4 Å². The van der Waals surface area contributed by atoms with E-state index in [0.29, 0.717) is 22.6 Å². The molecule has 0 aliphatic rings. The maximum absolute atomic E-state index is 11.9. The van der Waals surface area contributed by atoms with E-state index in [1.807, 2.05) is 36.4 Å². The van der Waals surface area contributed by atoms with Gasteiger partial charge in [0.1, 0.15) is 0 Å². The smallest absolute Gasteiger partial charge is 0.504 e. The molecule has 0 aliphatic carbocycles. The molecule has 0 bridgehead atoms. The van der Waals surface area contributed by atoms with Crippen molar-refractivity contribution in [2.24, 2.45) is 0 Å². The molecule has 17 nitrogen and oxygen atoms in total. The first-order valence-corrected chi connectivity index (χ1v) is 20.6. The maximum atomic E-state index is 11.9. The number of hydrogen-bond acceptors (Lipinski definition) is 13. The van der Waals surface area contributed by atoms with Crippen LogP contribution in [0.25, 0.3) is 78.4 Å². The summed E-state index contributed by atoms with van der Waals surface area (Å²) in [6.07, 6.45) is 9.05. The number of carbonyl (C=O) groups is 2. The summed E-state index contributed by atoms with van der Waals surface area (Å²) in [7, 11) is 2.87. The Balaban J connectivity index is 0.000000229. The normalized spacial score (nSPS) is 10.5. The maximum Gasteiger partial charge on any atom is 3.00 e. The van der Waals surface area contributed by atoms with Gasteiger partial charge >= 0.3 is 39.9 Å². The van der Waals surface area contributed by atoms with Crippen LogP contribution >= 0.6 is 0 Å². The molecular weight excluding hydrogens is 1040 g/mol. The van der Waals surface area contributed by atoms with E-state index in [1.165, 1.54) is 76.4 Å². The molecule has 0 saturated carbocycles. The third-order valence-electron chi connectivity index (χ3n) is 10.2. The largest absolute Gasteiger partial charge is 3.00 e. The molecule has 0 atom stereocenters. The van der Waals surface area contributed by atoms with E-state index < -0.39 is 10.2 Å². The minimum absolute atomic E-state index is 0. The summed E-state index contributed by atoms with van der Waals surface area (Å²) >= 11 is 0. The first kappa shape index (κ1) is 52.5. The molecule has 70 heavy (non-hydrogen) atoms. The molecule has 6 aromatic carbocycles. The number of allylic oxidation sites excluding steroid dienone is 2. The molecule has 0 spiro atoms. The topological polar surface area (TPSA) is 258 Å². The molecule has 0 unspecified atom stereocenters. The summed E-state index contributed by atoms with van der Waals surface area (Å²) in [4.78, 5) is 54.6. The van der Waals surface area contributed by atoms with Crippen LogP contribution in [0.5, 0.6) is 23.0 Å². The molecule has 3 aromatic heterocycles. The van der Waals surface area contributed by atoms with Gasteiger partial charge in [-0.15, -0.1) is 20.2 Å². The van der Waals surface area contributed by atoms with E-state index in [1.54, 1.807) is 48.8 Å². The molecule has 3 heterocycles. The third kappa shape index (κ3) is 14.0. The van der Waals surface area contributed by atoms with Gasteiger partial charge in [0.25, 0.3) is 10.2 Å². The van der Waals surface area contributed by atoms with E-state index in [0.717, 1.165) is 28.3 Å². The van der Waals surface area contributed by atoms with Gasteiger partial charge in [0, 0.05) is 12.4 Å². The van der Waals surface area contributed by atoms with Gasteiger partial charge in [-0.05, 0) is 127 Å². The van der Waals surface area contributed by atoms with Gasteiger partial charge in [-0.1, -0.05) is 91.0 Å². The van der Waals surface area contributed by atoms with Gasteiger partial charge in [-0.25, -0.2) is 4.98 Å². The number of ketones is 2. The van der Waals surface area contributed by atoms with Crippen molar-refractivity contribution in [1.29, 1.82) is 0 Å². The Bertz CT molecular complexity index is 3170. The standard InChI is InChI=1S/C31H19N3.C21H20O6.Gd.2HNO3/c1-3-16-32-26(8-1)28-18-23(19-29(34-28)27-9-2-4-17-33-27)24-14-12-22-11-10-20-6-5-7-21-13-15-25(24)31(22)30(20)21;1-26-20-11-14(5-9-18(20)24)3-7-16(22)13-17(23)8-4-15-6-10-19(25)21(12-15)27-2;;2*2-1(3)4/h1-19H;3-12,24-25H,13H2,1-2H3;;2*(H,2,3,4)/q;;+3;;/b;7-3+,8-4+;;;. The summed E-state index contributed by atoms with van der Waals surface area (Å²) in [5.41, 5.74) is 6.98. The predicted octanol–water partition coefficient (Wildman–Crippen LogP) is 10.4. The number of aromatic hydroxyl groups is 2. The zero-order valence-corrected chi connectivity index (χ0v) is 39.4. The van der Waals surface area contributed by atoms with Crippen LogP contribution in [0.3, 0.4) is 0 Å². The number of ether oxygens (including phenoxy) is 2. The molecule has 0 aliphatic heterocycles. The van der Waals surface area contributed by atoms with E-state index in [-0.39, 0.29) is 69.4 Å². The summed E-state index contributed by atoms with van der Waals surface area (Å²) in [5.74, 6) is -0.0832. The number of hydrogen-bond donors (Lipinski definition) is 4. The van der Waals surface area contributed by atoms with Crippen molar-refractivity contribution in [2.75, 3.05) is 14.2 Å². The number of phenols is 2. The number of aromatic nitrogens is 3. The molecule has 1 radical (unpaired) electrons. The van der Waals surface area contributed by atoms with Crippen molar-refractivity contribution in [3.05, 3.63) is 195 Å². The zero-order chi connectivity index (χ0) is 49.5. The molecule has 0 amide bonds. The molecule has 18 heteroatoms. The van der Waals surface area contributed by atoms with Crippen LogP contribution in [0.15, 0.2) is 164 Å². The Kier molecular flexibility index (Phi) is 18.8. The monoisotopic (exact) mass is 1090 g/mol. The van der Waals surface area contributed by atoms with E-state index in [2.05, 4.69) is 76.7 Å². The van der Waals surface area contributed by atoms with Crippen LogP contribution in [0, 0.1) is 60.2 Å². The first-order chi connectivity index (χ1) is 33.2. The van der Waals surface area contributed by atoms with Gasteiger partial charge in [-0.2, -0.15) is 0 Å². The number of benzene rings is 6. The SMILES string of the molecule is COc1cc(/C=C/C(=O)CC(=O)/C=C/c2ccc(O)c(OC)c2)ccc1O.O=[N+]([O-])O.O=[N+]([O-])O.[Gd+3].c1ccc(-c2cc(-c3ccc4ccc5cccc6ccc3c4c56)cc(-c3ccccn3)n2)nc1. The molecular formula is C52H41GdN5O12+3. The Labute approximate surface area is 430 Å². The summed E-state index contributed by atoms with van der Waals surface area (Å²) < 4.78 is 10.00. The van der Waals surface area contributed by atoms with Crippen molar-refractivity contribution < 1.29 is 89.8 Å². The third-order valence-corrected chi connectivity index (χ3v) is 10.2. The van der Waals surface area contributed by atoms with Gasteiger partial charge in [0.15, 0.2) is 34.6 Å². The number of nitrogens with zero attached hydrogens (tertiary/aromatic N) is 5. The van der Waals surface area contributed by atoms with Gasteiger partial charge in [-0.3, -0.25) is 19.6 Å². The van der Waals surface area contributed by atoms with Crippen LogP contribution < -0.4 is 9.47 Å². The van der Waals surface area contributed by atoms with Crippen LogP contribution in [-0.2, 0) is 9.59 Å². The fraction of sp³-hybridized carbons (Fsp3) is 0.0577. The van der Waals surface area contributed by atoms with Crippen molar-refractivity contribution in [1.82, 2.24) is 15.0 Å². The van der Waals surface area contributed by atoms with E-state index in [9.17, 15) is 19.8 Å². The Morgan fingerprint density at radius 1 is 0.571 bits per heavy atom. The summed E-state index contributed by atoms with van der Waals surface area (Å²) in [6, 6.07) is 45.3. The van der Waals surface area contributed by atoms with E-state index in [4.69, 9.17) is 45.1 Å². The fourth-order valence-electron chi connectivity index (χ4n) is 7.23. The molecule has 9 aromatic rings. The number of carbonyl (C=O) groups excluding carboxylic acids is 2. The molecule has 0 saturated heterocycles. The zero-order valence-electron chi connectivity index (χ0n) is 37.1. The predicted molar refractivity (Wildman–Crippen MR) is 259 cm³/mol. The fourth-order valence-corrected chi connectivity index (χ4v) is 7.23. The molecule has 9 rings (SSSR count). The van der Waals surface area contributed by atoms with E-state index >= 15 is 0 Å². The number of rotatable bonds is 11. The summed E-state index contributed by atoms with van der Waals surface area (Å²) in [5, 5.41) is 54.0. The number of pyridine rings is 3. The Hall–Kier alpha value is -8.45. The average molecular weight is 1090 g/mol. The van der Waals surface area contributed by atoms with Crippen LogP contribution in [0.2, 0.25) is 0 Å². The van der Waals surface area contributed by atoms with Gasteiger partial charge < -0.3 is 30.1 Å². The minimum atomic E-state index is -1.50. The molecule has 0 fully saturated rings. The number of phenolic OH excluding ortho intramolecular Hbond substituents is 2. The van der Waals surface area contributed by atoms with Crippen molar-refractivity contribution in [3.8, 4) is 56.9 Å². The van der Waals surface area contributed by atoms with Gasteiger partial charge in [0.2, 0.25) is 0 Å². The van der Waals surface area contributed by atoms with Crippen LogP contribution in [-0.4, -0.2) is 71.5 Å². The molecule has 351 valence electrons. The second kappa shape index (κ2) is 25.1. The van der Waals surface area contributed by atoms with Crippen molar-refractivity contribution >= 4 is 56.0 Å². The first-order valence-electron chi connectivity index (χ1n) is 20.6. The van der Waals surface area contributed by atoms with Crippen molar-refractivity contribution in [2.45, 2.75) is 6.42 Å². The Morgan fingerprint density at radius 3 is 1.46 bits per heavy atom. The second-order valence-corrected chi connectivity index (χ2v) is 14.6. The quantitative estimate of drug-likeness (QED) is 0.0309.